The first-order valence-electron chi connectivity index (χ1n) is 6.07. The van der Waals surface area contributed by atoms with E-state index in [1.54, 1.807) is 19.1 Å². The van der Waals surface area contributed by atoms with Crippen LogP contribution in [0.2, 0.25) is 0 Å². The van der Waals surface area contributed by atoms with Crippen molar-refractivity contribution in [2.24, 2.45) is 5.73 Å². The van der Waals surface area contributed by atoms with Crippen molar-refractivity contribution in [3.8, 4) is 5.75 Å². The van der Waals surface area contributed by atoms with Crippen molar-refractivity contribution in [2.75, 3.05) is 20.7 Å². The molecule has 0 spiro atoms. The Morgan fingerprint density at radius 2 is 2.00 bits per heavy atom. The minimum atomic E-state index is 0.0744. The summed E-state index contributed by atoms with van der Waals surface area (Å²) in [6.07, 6.45) is 0.394. The van der Waals surface area contributed by atoms with Crippen molar-refractivity contribution in [2.45, 2.75) is 26.8 Å². The van der Waals surface area contributed by atoms with Gasteiger partial charge in [-0.1, -0.05) is 6.07 Å². The Morgan fingerprint density at radius 3 is 2.56 bits per heavy atom. The normalized spacial score (nSPS) is 10.3. The zero-order valence-corrected chi connectivity index (χ0v) is 11.6. The molecule has 1 amide bonds. The summed E-state index contributed by atoms with van der Waals surface area (Å²) in [6.45, 7) is 5.03. The van der Waals surface area contributed by atoms with Crippen LogP contribution in [0.3, 0.4) is 0 Å². The molecular weight excluding hydrogens is 228 g/mol. The fourth-order valence-corrected chi connectivity index (χ4v) is 1.90. The lowest BCUT2D eigenvalue weighted by Crippen LogP contribution is -2.28. The molecule has 0 fully saturated rings. The van der Waals surface area contributed by atoms with E-state index in [1.165, 1.54) is 0 Å². The minimum Gasteiger partial charge on any atom is -0.496 e. The van der Waals surface area contributed by atoms with Crippen molar-refractivity contribution < 1.29 is 9.53 Å². The maximum Gasteiger partial charge on any atom is 0.223 e. The number of nitrogens with two attached hydrogens (primary N) is 1. The van der Waals surface area contributed by atoms with Crippen LogP contribution >= 0.6 is 0 Å². The zero-order valence-electron chi connectivity index (χ0n) is 11.6. The fraction of sp³-hybridized carbons (Fsp3) is 0.500. The van der Waals surface area contributed by atoms with Gasteiger partial charge >= 0.3 is 0 Å². The SMILES string of the molecule is COc1cc(C)c(CN(C)C(=O)CCN)cc1C. The number of rotatable bonds is 5. The first kappa shape index (κ1) is 14.5. The molecule has 0 aliphatic carbocycles. The van der Waals surface area contributed by atoms with Crippen LogP contribution in [0.1, 0.15) is 23.1 Å². The molecular formula is C14H22N2O2. The lowest BCUT2D eigenvalue weighted by molar-refractivity contribution is -0.130. The van der Waals surface area contributed by atoms with Gasteiger partial charge in [0.1, 0.15) is 5.75 Å². The van der Waals surface area contributed by atoms with E-state index in [4.69, 9.17) is 10.5 Å². The first-order chi connectivity index (χ1) is 8.49. The second-order valence-corrected chi connectivity index (χ2v) is 4.54. The number of carbonyl (C=O) groups excluding carboxylic acids is 1. The minimum absolute atomic E-state index is 0.0744. The molecule has 0 heterocycles. The zero-order chi connectivity index (χ0) is 13.7. The number of hydrogen-bond acceptors (Lipinski definition) is 3. The molecule has 1 rings (SSSR count). The first-order valence-corrected chi connectivity index (χ1v) is 6.07. The second kappa shape index (κ2) is 6.40. The third-order valence-corrected chi connectivity index (χ3v) is 3.04. The molecule has 0 atom stereocenters. The fourth-order valence-electron chi connectivity index (χ4n) is 1.90. The number of methoxy groups -OCH3 is 1. The molecule has 2 N–H and O–H groups in total. The van der Waals surface area contributed by atoms with Gasteiger partial charge in [-0.3, -0.25) is 4.79 Å². The Balaban J connectivity index is 2.85. The lowest BCUT2D eigenvalue weighted by Gasteiger charge is -2.19. The Hall–Kier alpha value is -1.55. The van der Waals surface area contributed by atoms with Gasteiger partial charge in [-0.15, -0.1) is 0 Å². The molecule has 0 radical (unpaired) electrons. The number of benzene rings is 1. The highest BCUT2D eigenvalue weighted by Crippen LogP contribution is 2.23. The number of nitrogens with zero attached hydrogens (tertiary/aromatic N) is 1. The standard InChI is InChI=1S/C14H22N2O2/c1-10-8-13(18-4)11(2)7-12(10)9-16(3)14(17)5-6-15/h7-8H,5-6,9,15H2,1-4H3. The predicted molar refractivity (Wildman–Crippen MR) is 72.6 cm³/mol. The molecule has 0 aliphatic rings. The lowest BCUT2D eigenvalue weighted by atomic mass is 10.0. The van der Waals surface area contributed by atoms with Gasteiger partial charge in [0, 0.05) is 26.6 Å². The molecule has 0 unspecified atom stereocenters. The van der Waals surface area contributed by atoms with E-state index >= 15 is 0 Å². The number of carbonyl (C=O) groups is 1. The van der Waals surface area contributed by atoms with E-state index in [1.807, 2.05) is 19.9 Å². The summed E-state index contributed by atoms with van der Waals surface area (Å²) in [6, 6.07) is 4.08. The van der Waals surface area contributed by atoms with Crippen LogP contribution in [0, 0.1) is 13.8 Å². The van der Waals surface area contributed by atoms with Crippen LogP contribution in [0.5, 0.6) is 5.75 Å². The summed E-state index contributed by atoms with van der Waals surface area (Å²) in [7, 11) is 3.47. The summed E-state index contributed by atoms with van der Waals surface area (Å²) < 4.78 is 5.27. The quantitative estimate of drug-likeness (QED) is 0.864. The summed E-state index contributed by atoms with van der Waals surface area (Å²) in [5, 5.41) is 0. The Morgan fingerprint density at radius 1 is 1.33 bits per heavy atom. The molecule has 0 saturated heterocycles. The van der Waals surface area contributed by atoms with Gasteiger partial charge in [-0.2, -0.15) is 0 Å². The average Bonchev–Trinajstić information content (AvgIpc) is 2.33. The Bertz CT molecular complexity index is 430. The maximum atomic E-state index is 11.7. The monoisotopic (exact) mass is 250 g/mol. The van der Waals surface area contributed by atoms with E-state index in [2.05, 4.69) is 6.07 Å². The van der Waals surface area contributed by atoms with Crippen LogP contribution in [-0.2, 0) is 11.3 Å². The summed E-state index contributed by atoms with van der Waals surface area (Å²) in [5.41, 5.74) is 8.74. The molecule has 4 nitrogen and oxygen atoms in total. The Kier molecular flexibility index (Phi) is 5.16. The van der Waals surface area contributed by atoms with Gasteiger partial charge in [0.05, 0.1) is 7.11 Å². The van der Waals surface area contributed by atoms with Gasteiger partial charge in [0.2, 0.25) is 5.91 Å². The van der Waals surface area contributed by atoms with Crippen molar-refractivity contribution in [1.29, 1.82) is 0 Å². The smallest absolute Gasteiger partial charge is 0.223 e. The number of ether oxygens (including phenoxy) is 1. The van der Waals surface area contributed by atoms with E-state index in [0.29, 0.717) is 19.5 Å². The van der Waals surface area contributed by atoms with E-state index in [-0.39, 0.29) is 5.91 Å². The molecule has 4 heteroatoms. The van der Waals surface area contributed by atoms with Gasteiger partial charge in [0.25, 0.3) is 0 Å². The highest BCUT2D eigenvalue weighted by atomic mass is 16.5. The molecule has 1 aromatic rings. The van der Waals surface area contributed by atoms with Crippen LogP contribution in [0.4, 0.5) is 0 Å². The third-order valence-electron chi connectivity index (χ3n) is 3.04. The molecule has 100 valence electrons. The third kappa shape index (κ3) is 3.47. The van der Waals surface area contributed by atoms with Gasteiger partial charge < -0.3 is 15.4 Å². The molecule has 1 aromatic carbocycles. The van der Waals surface area contributed by atoms with Crippen molar-refractivity contribution >= 4 is 5.91 Å². The van der Waals surface area contributed by atoms with Crippen LogP contribution in [0.25, 0.3) is 0 Å². The van der Waals surface area contributed by atoms with E-state index in [0.717, 1.165) is 22.4 Å². The number of aryl methyl sites for hydroxylation is 2. The largest absolute Gasteiger partial charge is 0.496 e. The predicted octanol–water partition coefficient (Wildman–Crippen LogP) is 1.62. The van der Waals surface area contributed by atoms with Crippen molar-refractivity contribution in [1.82, 2.24) is 4.90 Å². The van der Waals surface area contributed by atoms with Crippen LogP contribution < -0.4 is 10.5 Å². The van der Waals surface area contributed by atoms with Crippen molar-refractivity contribution in [3.05, 3.63) is 28.8 Å². The molecule has 0 saturated carbocycles. The second-order valence-electron chi connectivity index (χ2n) is 4.54. The van der Waals surface area contributed by atoms with Crippen LogP contribution in [0.15, 0.2) is 12.1 Å². The maximum absolute atomic E-state index is 11.7. The summed E-state index contributed by atoms with van der Waals surface area (Å²) in [5.74, 6) is 0.956. The molecule has 0 aliphatic heterocycles. The van der Waals surface area contributed by atoms with Gasteiger partial charge in [0.15, 0.2) is 0 Å². The van der Waals surface area contributed by atoms with E-state index < -0.39 is 0 Å². The number of hydrogen-bond donors (Lipinski definition) is 1. The van der Waals surface area contributed by atoms with Crippen LogP contribution in [-0.4, -0.2) is 31.5 Å². The van der Waals surface area contributed by atoms with Crippen molar-refractivity contribution in [3.63, 3.8) is 0 Å². The average molecular weight is 250 g/mol. The summed E-state index contributed by atoms with van der Waals surface area (Å²) >= 11 is 0. The molecule has 18 heavy (non-hydrogen) atoms. The van der Waals surface area contributed by atoms with Gasteiger partial charge in [-0.25, -0.2) is 0 Å². The molecule has 0 aromatic heterocycles. The van der Waals surface area contributed by atoms with E-state index in [9.17, 15) is 4.79 Å². The Labute approximate surface area is 109 Å². The highest BCUT2D eigenvalue weighted by molar-refractivity contribution is 5.76. The van der Waals surface area contributed by atoms with Gasteiger partial charge in [-0.05, 0) is 36.6 Å². The summed E-state index contributed by atoms with van der Waals surface area (Å²) in [4.78, 5) is 13.4. The molecule has 0 bridgehead atoms. The topological polar surface area (TPSA) is 55.6 Å². The number of amides is 1. The highest BCUT2D eigenvalue weighted by Gasteiger charge is 2.11.